The number of aromatic amines is 1. The maximum atomic E-state index is 13.3. The maximum Gasteiger partial charge on any atom is 0.243 e. The Labute approximate surface area is 381 Å². The first-order valence-electron chi connectivity index (χ1n) is 22.9. The summed E-state index contributed by atoms with van der Waals surface area (Å²) >= 11 is 0. The third-order valence-corrected chi connectivity index (χ3v) is 10.9. The van der Waals surface area contributed by atoms with E-state index in [1.54, 1.807) is 47.7 Å². The van der Waals surface area contributed by atoms with E-state index in [0.29, 0.717) is 44.9 Å². The number of primary amides is 2. The van der Waals surface area contributed by atoms with E-state index in [9.17, 15) is 33.6 Å². The number of carbonyl (C=O) groups is 7. The first-order valence-corrected chi connectivity index (χ1v) is 22.9. The van der Waals surface area contributed by atoms with Gasteiger partial charge in [-0.1, -0.05) is 92.4 Å². The molecule has 0 radical (unpaired) electrons. The summed E-state index contributed by atoms with van der Waals surface area (Å²) in [6.45, 7) is 14.4. The van der Waals surface area contributed by atoms with E-state index in [1.807, 2.05) is 7.05 Å². The van der Waals surface area contributed by atoms with Crippen molar-refractivity contribution in [2.24, 2.45) is 33.9 Å². The maximum absolute atomic E-state index is 13.3. The van der Waals surface area contributed by atoms with Crippen LogP contribution in [0.3, 0.4) is 0 Å². The van der Waals surface area contributed by atoms with Gasteiger partial charge in [0.1, 0.15) is 18.2 Å². The molecule has 4 amide bonds. The van der Waals surface area contributed by atoms with Crippen LogP contribution < -0.4 is 33.2 Å². The number of imidazole rings is 1. The SMILES string of the molecule is CCCCCCCCCCCC(=O)NCCOCCOCC(N)=O.CNCCCC[C@H](CC(=O)C(C)(C)CC(=O)C(C)(C)CC(=O)C(C)(C)NC(=O)[C@@H](N)Cc1cnc[nH]1)C(N)=O.[HH].[HH].[HH]. The number of ketones is 3. The fourth-order valence-corrected chi connectivity index (χ4v) is 6.53. The molecule has 0 aliphatic rings. The number of amides is 4. The Morgan fingerprint density at radius 1 is 0.762 bits per heavy atom. The van der Waals surface area contributed by atoms with E-state index in [0.717, 1.165) is 32.2 Å². The number of carbonyl (C=O) groups excluding carboxylic acids is 7. The first kappa shape index (κ1) is 58.9. The fraction of sp³-hybridized carbons (Fsp3) is 0.783. The molecule has 0 aromatic carbocycles. The summed E-state index contributed by atoms with van der Waals surface area (Å²) < 4.78 is 10.2. The second-order valence-electron chi connectivity index (χ2n) is 18.4. The summed E-state index contributed by atoms with van der Waals surface area (Å²) in [6.07, 6.45) is 17.1. The average Bonchev–Trinajstić information content (AvgIpc) is 3.72. The van der Waals surface area contributed by atoms with Gasteiger partial charge in [-0.05, 0) is 46.7 Å². The molecule has 0 aliphatic heterocycles. The van der Waals surface area contributed by atoms with Gasteiger partial charge in [0.15, 0.2) is 5.78 Å². The predicted octanol–water partition coefficient (Wildman–Crippen LogP) is 4.88. The molecule has 0 saturated heterocycles. The number of hydrogen-bond acceptors (Lipinski definition) is 12. The average molecular weight is 899 g/mol. The van der Waals surface area contributed by atoms with Crippen LogP contribution in [-0.2, 0) is 49.5 Å². The largest absolute Gasteiger partial charge is 0.377 e. The molecule has 17 nitrogen and oxygen atoms in total. The molecule has 0 fully saturated rings. The van der Waals surface area contributed by atoms with Crippen LogP contribution in [0.2, 0.25) is 0 Å². The molecule has 0 saturated carbocycles. The second kappa shape index (κ2) is 32.6. The predicted molar refractivity (Wildman–Crippen MR) is 251 cm³/mol. The van der Waals surface area contributed by atoms with E-state index in [2.05, 4.69) is 32.8 Å². The van der Waals surface area contributed by atoms with Gasteiger partial charge in [-0.15, -0.1) is 0 Å². The third kappa shape index (κ3) is 28.4. The molecule has 10 N–H and O–H groups in total. The topological polar surface area (TPSA) is 281 Å². The number of rotatable bonds is 37. The van der Waals surface area contributed by atoms with Gasteiger partial charge >= 0.3 is 0 Å². The molecule has 1 aromatic heterocycles. The highest BCUT2D eigenvalue weighted by Gasteiger charge is 2.41. The summed E-state index contributed by atoms with van der Waals surface area (Å²) in [5.41, 5.74) is 13.8. The Morgan fingerprint density at radius 2 is 1.35 bits per heavy atom. The van der Waals surface area contributed by atoms with Crippen molar-refractivity contribution >= 4 is 41.0 Å². The van der Waals surface area contributed by atoms with Crippen molar-refractivity contribution in [1.82, 2.24) is 25.9 Å². The lowest BCUT2D eigenvalue weighted by atomic mass is 9.71. The normalized spacial score (nSPS) is 12.7. The van der Waals surface area contributed by atoms with Crippen molar-refractivity contribution in [2.75, 3.05) is 46.6 Å². The van der Waals surface area contributed by atoms with Crippen LogP contribution in [0.5, 0.6) is 0 Å². The number of H-pyrrole nitrogens is 1. The molecule has 368 valence electrons. The number of unbranched alkanes of at least 4 members (excludes halogenated alkanes) is 9. The van der Waals surface area contributed by atoms with Crippen molar-refractivity contribution in [3.8, 4) is 0 Å². The lowest BCUT2D eigenvalue weighted by molar-refractivity contribution is -0.140. The van der Waals surface area contributed by atoms with Crippen LogP contribution in [0.15, 0.2) is 12.5 Å². The smallest absolute Gasteiger partial charge is 0.243 e. The molecule has 1 aromatic rings. The number of ether oxygens (including phenoxy) is 2. The molecular weight excluding hydrogens is 809 g/mol. The van der Waals surface area contributed by atoms with Gasteiger partial charge < -0.3 is 47.6 Å². The van der Waals surface area contributed by atoms with E-state index >= 15 is 0 Å². The molecule has 17 heteroatoms. The summed E-state index contributed by atoms with van der Waals surface area (Å²) in [6, 6.07) is -0.883. The van der Waals surface area contributed by atoms with Gasteiger partial charge in [0.05, 0.1) is 37.7 Å². The lowest BCUT2D eigenvalue weighted by Gasteiger charge is -2.33. The molecule has 63 heavy (non-hydrogen) atoms. The van der Waals surface area contributed by atoms with Crippen molar-refractivity contribution in [2.45, 2.75) is 169 Å². The number of aromatic nitrogens is 2. The number of nitrogens with zero attached hydrogens (tertiary/aromatic N) is 1. The van der Waals surface area contributed by atoms with Crippen molar-refractivity contribution in [3.05, 3.63) is 18.2 Å². The van der Waals surface area contributed by atoms with Gasteiger partial charge in [-0.2, -0.15) is 0 Å². The number of nitrogens with one attached hydrogen (secondary N) is 4. The van der Waals surface area contributed by atoms with Crippen molar-refractivity contribution < 1.29 is 47.3 Å². The van der Waals surface area contributed by atoms with Crippen molar-refractivity contribution in [1.29, 1.82) is 0 Å². The zero-order valence-electron chi connectivity index (χ0n) is 39.9. The van der Waals surface area contributed by atoms with Gasteiger partial charge in [0, 0.05) is 71.6 Å². The van der Waals surface area contributed by atoms with Gasteiger partial charge in [0.25, 0.3) is 0 Å². The van der Waals surface area contributed by atoms with Crippen LogP contribution in [-0.4, -0.2) is 109 Å². The molecule has 0 aliphatic carbocycles. The minimum Gasteiger partial charge on any atom is -0.377 e. The van der Waals surface area contributed by atoms with E-state index < -0.39 is 46.1 Å². The third-order valence-electron chi connectivity index (χ3n) is 10.9. The Bertz CT molecular complexity index is 1520. The van der Waals surface area contributed by atoms with Crippen molar-refractivity contribution in [3.63, 3.8) is 0 Å². The standard InChI is InChI=1S/C28H48N6O5.C18H36N2O4.3H2/c1-26(2,21(35)12-18(24(30)38)10-8-9-11-31-7)14-22(36)27(3,4)15-23(37)28(5,6)34-25(39)20(29)13-19-16-32-17-33-19;1-2-3-4-5-6-7-8-9-10-11-18(22)20-12-13-23-14-15-24-16-17(19)21;;;/h16-18,20,31H,8-15,29H2,1-7H3,(H2,30,38)(H,32,33)(H,34,39);2-16H2,1H3,(H2,19,21)(H,20,22);3*1H/t18-,20+;;;;/m1..../s1. The summed E-state index contributed by atoms with van der Waals surface area (Å²) in [5.74, 6) is -2.79. The van der Waals surface area contributed by atoms with Crippen LogP contribution >= 0.6 is 0 Å². The zero-order chi connectivity index (χ0) is 47.9. The highest BCUT2D eigenvalue weighted by atomic mass is 16.5. The second-order valence-corrected chi connectivity index (χ2v) is 18.4. The molecule has 1 heterocycles. The Hall–Kier alpha value is -4.06. The van der Waals surface area contributed by atoms with Crippen LogP contribution in [0.4, 0.5) is 0 Å². The van der Waals surface area contributed by atoms with E-state index in [-0.39, 0.29) is 59.8 Å². The number of nitrogens with two attached hydrogens (primary N) is 3. The van der Waals surface area contributed by atoms with Crippen LogP contribution in [0.1, 0.15) is 161 Å². The Morgan fingerprint density at radius 3 is 1.92 bits per heavy atom. The fourth-order valence-electron chi connectivity index (χ4n) is 6.53. The molecule has 0 unspecified atom stereocenters. The summed E-state index contributed by atoms with van der Waals surface area (Å²) in [4.78, 5) is 93.0. The molecule has 0 bridgehead atoms. The highest BCUT2D eigenvalue weighted by molar-refractivity contribution is 5.99. The Kier molecular flexibility index (Phi) is 30.5. The monoisotopic (exact) mass is 899 g/mol. The lowest BCUT2D eigenvalue weighted by Crippen LogP contribution is -2.56. The van der Waals surface area contributed by atoms with Gasteiger partial charge in [-0.25, -0.2) is 4.98 Å². The van der Waals surface area contributed by atoms with E-state index in [1.165, 1.54) is 51.3 Å². The minimum absolute atomic E-state index is 0. The van der Waals surface area contributed by atoms with Gasteiger partial charge in [0.2, 0.25) is 23.6 Å². The molecule has 1 rings (SSSR count). The van der Waals surface area contributed by atoms with Gasteiger partial charge in [-0.3, -0.25) is 33.6 Å². The molecular formula is C46H90N8O9. The van der Waals surface area contributed by atoms with Crippen LogP contribution in [0, 0.1) is 16.7 Å². The highest BCUT2D eigenvalue weighted by Crippen LogP contribution is 2.34. The minimum atomic E-state index is -1.26. The quantitative estimate of drug-likeness (QED) is 0.0441. The van der Waals surface area contributed by atoms with Crippen LogP contribution in [0.25, 0.3) is 0 Å². The summed E-state index contributed by atoms with van der Waals surface area (Å²) in [5, 5.41) is 8.57. The zero-order valence-corrected chi connectivity index (χ0v) is 39.9. The first-order chi connectivity index (χ1) is 29.6. The molecule has 2 atom stereocenters. The molecule has 0 spiro atoms. The Balaban J connectivity index is -0.000000618. The summed E-state index contributed by atoms with van der Waals surface area (Å²) in [7, 11) is 1.85. The van der Waals surface area contributed by atoms with E-state index in [4.69, 9.17) is 26.7 Å². The number of hydrogen-bond donors (Lipinski definition) is 7. The number of Topliss-reactive ketones (excluding diaryl/α,β-unsaturated/α-hetero) is 3.